The molecule has 0 aromatic carbocycles. The van der Waals surface area contributed by atoms with Gasteiger partial charge >= 0.3 is 0 Å². The van der Waals surface area contributed by atoms with Crippen LogP contribution in [0.1, 0.15) is 18.3 Å². The average Bonchev–Trinajstić information content (AvgIpc) is 2.72. The smallest absolute Gasteiger partial charge is 0.160 e. The molecule has 2 aromatic heterocycles. The Labute approximate surface area is 93.3 Å². The summed E-state index contributed by atoms with van der Waals surface area (Å²) in [7, 11) is 0. The molecule has 0 unspecified atom stereocenters. The molecular weight excluding hydrogens is 204 g/mol. The molecule has 2 aromatic rings. The van der Waals surface area contributed by atoms with Gasteiger partial charge in [0, 0.05) is 19.2 Å². The second-order valence-corrected chi connectivity index (χ2v) is 3.32. The molecule has 0 saturated heterocycles. The number of pyridine rings is 1. The van der Waals surface area contributed by atoms with Crippen LogP contribution in [0.15, 0.2) is 18.3 Å². The van der Waals surface area contributed by atoms with Crippen LogP contribution in [0, 0.1) is 11.3 Å². The molecule has 0 fully saturated rings. The standard InChI is InChI=1S/C11H12N4O/c1-2-16-6-5-11-14-13-10-4-3-9(7-12)8-15(10)11/h3-4,8H,2,5-6H2,1H3. The molecule has 0 bridgehead atoms. The van der Waals surface area contributed by atoms with E-state index in [4.69, 9.17) is 10.00 Å². The summed E-state index contributed by atoms with van der Waals surface area (Å²) in [4.78, 5) is 0. The van der Waals surface area contributed by atoms with Crippen LogP contribution in [-0.2, 0) is 11.2 Å². The van der Waals surface area contributed by atoms with Crippen LogP contribution in [-0.4, -0.2) is 27.8 Å². The van der Waals surface area contributed by atoms with Crippen molar-refractivity contribution in [2.24, 2.45) is 0 Å². The van der Waals surface area contributed by atoms with E-state index >= 15 is 0 Å². The summed E-state index contributed by atoms with van der Waals surface area (Å²) in [5, 5.41) is 16.9. The molecule has 2 rings (SSSR count). The largest absolute Gasteiger partial charge is 0.381 e. The van der Waals surface area contributed by atoms with E-state index in [1.54, 1.807) is 18.3 Å². The normalized spacial score (nSPS) is 10.5. The molecule has 0 spiro atoms. The highest BCUT2D eigenvalue weighted by Crippen LogP contribution is 2.06. The van der Waals surface area contributed by atoms with Crippen LogP contribution < -0.4 is 0 Å². The van der Waals surface area contributed by atoms with Crippen molar-refractivity contribution in [3.63, 3.8) is 0 Å². The third-order valence-electron chi connectivity index (χ3n) is 2.28. The van der Waals surface area contributed by atoms with E-state index in [9.17, 15) is 0 Å². The molecule has 5 nitrogen and oxygen atoms in total. The Morgan fingerprint density at radius 1 is 1.44 bits per heavy atom. The monoisotopic (exact) mass is 216 g/mol. The molecule has 0 radical (unpaired) electrons. The van der Waals surface area contributed by atoms with Crippen molar-refractivity contribution in [2.45, 2.75) is 13.3 Å². The van der Waals surface area contributed by atoms with Crippen LogP contribution in [0.2, 0.25) is 0 Å². The van der Waals surface area contributed by atoms with Gasteiger partial charge in [0.05, 0.1) is 12.2 Å². The Balaban J connectivity index is 2.28. The minimum Gasteiger partial charge on any atom is -0.381 e. The van der Waals surface area contributed by atoms with Crippen LogP contribution >= 0.6 is 0 Å². The van der Waals surface area contributed by atoms with Crippen LogP contribution in [0.4, 0.5) is 0 Å². The zero-order valence-electron chi connectivity index (χ0n) is 9.05. The molecule has 0 N–H and O–H groups in total. The molecule has 16 heavy (non-hydrogen) atoms. The number of nitriles is 1. The first-order valence-corrected chi connectivity index (χ1v) is 5.16. The van der Waals surface area contributed by atoms with Gasteiger partial charge in [-0.2, -0.15) is 5.26 Å². The van der Waals surface area contributed by atoms with Crippen molar-refractivity contribution >= 4 is 5.65 Å². The Morgan fingerprint density at radius 2 is 2.31 bits per heavy atom. The lowest BCUT2D eigenvalue weighted by Crippen LogP contribution is -2.02. The highest BCUT2D eigenvalue weighted by atomic mass is 16.5. The number of aromatic nitrogens is 3. The fourth-order valence-electron chi connectivity index (χ4n) is 1.48. The number of nitrogens with zero attached hydrogens (tertiary/aromatic N) is 4. The van der Waals surface area contributed by atoms with Crippen molar-refractivity contribution in [3.05, 3.63) is 29.7 Å². The van der Waals surface area contributed by atoms with Crippen LogP contribution in [0.25, 0.3) is 5.65 Å². The summed E-state index contributed by atoms with van der Waals surface area (Å²) in [5.74, 6) is 0.820. The molecule has 0 aliphatic rings. The van der Waals surface area contributed by atoms with Crippen molar-refractivity contribution < 1.29 is 4.74 Å². The highest BCUT2D eigenvalue weighted by molar-refractivity contribution is 5.42. The Bertz CT molecular complexity index is 526. The summed E-state index contributed by atoms with van der Waals surface area (Å²) < 4.78 is 7.10. The summed E-state index contributed by atoms with van der Waals surface area (Å²) in [6.45, 7) is 3.27. The van der Waals surface area contributed by atoms with Gasteiger partial charge in [0.2, 0.25) is 0 Å². The molecule has 0 aliphatic heterocycles. The van der Waals surface area contributed by atoms with Crippen molar-refractivity contribution in [1.29, 1.82) is 5.26 Å². The maximum absolute atomic E-state index is 8.81. The van der Waals surface area contributed by atoms with Gasteiger partial charge in [-0.05, 0) is 19.1 Å². The maximum atomic E-state index is 8.81. The Kier molecular flexibility index (Phi) is 3.13. The molecule has 0 atom stereocenters. The topological polar surface area (TPSA) is 63.2 Å². The quantitative estimate of drug-likeness (QED) is 0.720. The van der Waals surface area contributed by atoms with Crippen LogP contribution in [0.5, 0.6) is 0 Å². The Hall–Kier alpha value is -1.93. The first-order valence-electron chi connectivity index (χ1n) is 5.16. The molecular formula is C11H12N4O. The van der Waals surface area contributed by atoms with Gasteiger partial charge in [0.25, 0.3) is 0 Å². The van der Waals surface area contributed by atoms with Gasteiger partial charge < -0.3 is 4.74 Å². The first-order chi connectivity index (χ1) is 7.85. The molecule has 2 heterocycles. The number of fused-ring (bicyclic) bond motifs is 1. The molecule has 0 amide bonds. The summed E-state index contributed by atoms with van der Waals surface area (Å²) in [6, 6.07) is 5.62. The number of rotatable bonds is 4. The lowest BCUT2D eigenvalue weighted by molar-refractivity contribution is 0.149. The fourth-order valence-corrected chi connectivity index (χ4v) is 1.48. The second kappa shape index (κ2) is 4.73. The Morgan fingerprint density at radius 3 is 3.06 bits per heavy atom. The zero-order chi connectivity index (χ0) is 11.4. The molecule has 0 saturated carbocycles. The maximum Gasteiger partial charge on any atom is 0.160 e. The lowest BCUT2D eigenvalue weighted by atomic mass is 10.3. The van der Waals surface area contributed by atoms with E-state index in [0.717, 1.165) is 11.5 Å². The number of hydrogen-bond acceptors (Lipinski definition) is 4. The van der Waals surface area contributed by atoms with E-state index in [1.165, 1.54) is 0 Å². The predicted octanol–water partition coefficient (Wildman–Crippen LogP) is 1.18. The van der Waals surface area contributed by atoms with E-state index in [2.05, 4.69) is 16.3 Å². The minimum absolute atomic E-state index is 0.602. The van der Waals surface area contributed by atoms with Crippen molar-refractivity contribution in [3.8, 4) is 6.07 Å². The number of hydrogen-bond donors (Lipinski definition) is 0. The fraction of sp³-hybridized carbons (Fsp3) is 0.364. The first kappa shape index (κ1) is 10.6. The van der Waals surface area contributed by atoms with Crippen LogP contribution in [0.3, 0.4) is 0 Å². The van der Waals surface area contributed by atoms with Gasteiger partial charge in [0.15, 0.2) is 5.65 Å². The van der Waals surface area contributed by atoms with Crippen molar-refractivity contribution in [2.75, 3.05) is 13.2 Å². The van der Waals surface area contributed by atoms with E-state index < -0.39 is 0 Å². The lowest BCUT2D eigenvalue weighted by Gasteiger charge is -2.00. The molecule has 5 heteroatoms. The summed E-state index contributed by atoms with van der Waals surface area (Å²) >= 11 is 0. The summed E-state index contributed by atoms with van der Waals surface area (Å²) in [6.07, 6.45) is 2.44. The minimum atomic E-state index is 0.602. The van der Waals surface area contributed by atoms with E-state index in [1.807, 2.05) is 11.3 Å². The second-order valence-electron chi connectivity index (χ2n) is 3.32. The number of ether oxygens (including phenoxy) is 1. The third-order valence-corrected chi connectivity index (χ3v) is 2.28. The van der Waals surface area contributed by atoms with Crippen molar-refractivity contribution in [1.82, 2.24) is 14.6 Å². The van der Waals surface area contributed by atoms with Gasteiger partial charge in [0.1, 0.15) is 11.9 Å². The van der Waals surface area contributed by atoms with Gasteiger partial charge in [-0.25, -0.2) is 0 Å². The van der Waals surface area contributed by atoms with E-state index in [-0.39, 0.29) is 0 Å². The van der Waals surface area contributed by atoms with E-state index in [0.29, 0.717) is 25.2 Å². The third kappa shape index (κ3) is 2.02. The molecule has 82 valence electrons. The highest BCUT2D eigenvalue weighted by Gasteiger charge is 2.05. The predicted molar refractivity (Wildman–Crippen MR) is 57.9 cm³/mol. The zero-order valence-corrected chi connectivity index (χ0v) is 9.05. The van der Waals surface area contributed by atoms with Gasteiger partial charge in [-0.3, -0.25) is 4.40 Å². The SMILES string of the molecule is CCOCCc1nnc2ccc(C#N)cn12. The van der Waals surface area contributed by atoms with Gasteiger partial charge in [-0.1, -0.05) is 0 Å². The van der Waals surface area contributed by atoms with Gasteiger partial charge in [-0.15, -0.1) is 10.2 Å². The average molecular weight is 216 g/mol. The summed E-state index contributed by atoms with van der Waals surface area (Å²) in [5.41, 5.74) is 1.36. The molecule has 0 aliphatic carbocycles.